The second-order valence-corrected chi connectivity index (χ2v) is 12.4. The topological polar surface area (TPSA) is 139 Å². The maximum atomic E-state index is 12.4. The highest BCUT2D eigenvalue weighted by Gasteiger charge is 2.56. The number of nitrogens with one attached hydrogen (secondary N) is 1. The molecule has 0 aromatic carbocycles. The number of allylic oxidation sites excluding steroid dienone is 1. The molecule has 0 saturated carbocycles. The number of likely N-dealkylation sites (N-methyl/N-ethyl adjacent to an activating group) is 1. The van der Waals surface area contributed by atoms with Crippen molar-refractivity contribution in [3.8, 4) is 0 Å². The van der Waals surface area contributed by atoms with E-state index in [4.69, 9.17) is 24.7 Å². The van der Waals surface area contributed by atoms with Crippen LogP contribution < -0.4 is 11.1 Å². The fourth-order valence-corrected chi connectivity index (χ4v) is 6.39. The monoisotopic (exact) mass is 635 g/mol. The maximum Gasteiger partial charge on any atom is 0.220 e. The van der Waals surface area contributed by atoms with Gasteiger partial charge in [-0.05, 0) is 53.1 Å². The van der Waals surface area contributed by atoms with Crippen LogP contribution in [0.1, 0.15) is 65.0 Å². The van der Waals surface area contributed by atoms with Crippen LogP contribution in [0.5, 0.6) is 0 Å². The molecule has 2 aromatic rings. The van der Waals surface area contributed by atoms with E-state index in [1.807, 2.05) is 25.5 Å². The summed E-state index contributed by atoms with van der Waals surface area (Å²) < 4.78 is 28.0. The number of ether oxygens (including phenoxy) is 4. The van der Waals surface area contributed by atoms with Gasteiger partial charge in [0.2, 0.25) is 5.91 Å². The van der Waals surface area contributed by atoms with Gasteiger partial charge in [-0.2, -0.15) is 0 Å². The second kappa shape index (κ2) is 13.4. The normalized spacial score (nSPS) is 29.2. The molecule has 226 valence electrons. The zero-order chi connectivity index (χ0) is 29.0. The summed E-state index contributed by atoms with van der Waals surface area (Å²) in [5.41, 5.74) is 7.11. The fourth-order valence-electron chi connectivity index (χ4n) is 5.80. The van der Waals surface area contributed by atoms with E-state index in [-0.39, 0.29) is 30.3 Å². The molecule has 12 nitrogen and oxygen atoms in total. The number of nitrogens with zero attached hydrogens (tertiary/aromatic N) is 5. The first-order valence-electron chi connectivity index (χ1n) is 14.6. The van der Waals surface area contributed by atoms with Crippen molar-refractivity contribution in [2.45, 2.75) is 95.2 Å². The Morgan fingerprint density at radius 3 is 2.93 bits per heavy atom. The summed E-state index contributed by atoms with van der Waals surface area (Å²) in [6.07, 6.45) is 11.0. The van der Waals surface area contributed by atoms with Crippen molar-refractivity contribution in [1.82, 2.24) is 29.7 Å². The molecule has 4 heterocycles. The van der Waals surface area contributed by atoms with Gasteiger partial charge >= 0.3 is 0 Å². The number of nitrogen functional groups attached to an aromatic ring is 1. The van der Waals surface area contributed by atoms with E-state index < -0.39 is 12.0 Å². The molecule has 2 fully saturated rings. The Labute approximate surface area is 249 Å². The quantitative estimate of drug-likeness (QED) is 0.354. The highest BCUT2D eigenvalue weighted by Crippen LogP contribution is 2.44. The first-order valence-corrected chi connectivity index (χ1v) is 15.4. The molecule has 3 aliphatic rings. The van der Waals surface area contributed by atoms with Crippen molar-refractivity contribution < 1.29 is 23.7 Å². The van der Waals surface area contributed by atoms with Crippen LogP contribution in [0.3, 0.4) is 0 Å². The number of imidazole rings is 1. The number of hydrogen-bond donors (Lipinski definition) is 2. The van der Waals surface area contributed by atoms with E-state index in [0.717, 1.165) is 30.3 Å². The van der Waals surface area contributed by atoms with Crippen LogP contribution in [0.25, 0.3) is 11.2 Å². The summed E-state index contributed by atoms with van der Waals surface area (Å²) in [5.74, 6) is -0.378. The molecule has 2 aliphatic heterocycles. The number of halogens is 1. The van der Waals surface area contributed by atoms with E-state index in [9.17, 15) is 4.79 Å². The largest absolute Gasteiger partial charge is 0.382 e. The summed E-state index contributed by atoms with van der Waals surface area (Å²) in [5, 5.41) is 2.98. The molecule has 2 aromatic heterocycles. The minimum atomic E-state index is -0.734. The molecular weight excluding hydrogens is 594 g/mol. The second-order valence-electron chi connectivity index (χ2n) is 11.5. The number of carbonyl (C=O) groups excluding carboxylic acids is 1. The predicted octanol–water partition coefficient (Wildman–Crippen LogP) is 3.28. The molecule has 5 rings (SSSR count). The van der Waals surface area contributed by atoms with E-state index in [1.54, 1.807) is 6.33 Å². The molecule has 1 aliphatic carbocycles. The highest BCUT2D eigenvalue weighted by molar-refractivity contribution is 9.11. The van der Waals surface area contributed by atoms with Gasteiger partial charge in [0, 0.05) is 24.0 Å². The van der Waals surface area contributed by atoms with E-state index >= 15 is 0 Å². The van der Waals surface area contributed by atoms with Crippen molar-refractivity contribution >= 4 is 38.8 Å². The lowest BCUT2D eigenvalue weighted by molar-refractivity contribution is -0.197. The number of hydrogen-bond acceptors (Lipinski definition) is 10. The van der Waals surface area contributed by atoms with E-state index in [2.05, 4.69) is 47.2 Å². The summed E-state index contributed by atoms with van der Waals surface area (Å²) in [7, 11) is 2.03. The summed E-state index contributed by atoms with van der Waals surface area (Å²) in [4.78, 5) is 27.4. The van der Waals surface area contributed by atoms with Crippen molar-refractivity contribution in [2.24, 2.45) is 0 Å². The fraction of sp³-hybridized carbons (Fsp3) is 0.714. The molecule has 0 spiro atoms. The molecule has 13 heteroatoms. The first-order chi connectivity index (χ1) is 19.7. The lowest BCUT2D eigenvalue weighted by Gasteiger charge is -2.27. The highest BCUT2D eigenvalue weighted by atomic mass is 79.9. The lowest BCUT2D eigenvalue weighted by atomic mass is 10.0. The third kappa shape index (κ3) is 7.44. The minimum absolute atomic E-state index is 0.0362. The van der Waals surface area contributed by atoms with Crippen LogP contribution in [0.4, 0.5) is 5.82 Å². The van der Waals surface area contributed by atoms with Crippen LogP contribution >= 0.6 is 15.9 Å². The van der Waals surface area contributed by atoms with Crippen LogP contribution in [-0.2, 0) is 23.7 Å². The lowest BCUT2D eigenvalue weighted by Crippen LogP contribution is -2.39. The third-order valence-corrected chi connectivity index (χ3v) is 8.62. The molecule has 1 amide bonds. The summed E-state index contributed by atoms with van der Waals surface area (Å²) in [6, 6.07) is 0. The van der Waals surface area contributed by atoms with Crippen molar-refractivity contribution in [3.05, 3.63) is 23.2 Å². The number of nitrogens with two attached hydrogens (primary N) is 1. The molecular formula is C28H42BrN7O5. The molecule has 0 radical (unpaired) electrons. The summed E-state index contributed by atoms with van der Waals surface area (Å²) in [6.45, 7) is 6.20. The van der Waals surface area contributed by atoms with E-state index in [0.29, 0.717) is 43.1 Å². The van der Waals surface area contributed by atoms with Crippen molar-refractivity contribution in [1.29, 1.82) is 0 Å². The van der Waals surface area contributed by atoms with Crippen LogP contribution in [0.2, 0.25) is 0 Å². The average molecular weight is 637 g/mol. The van der Waals surface area contributed by atoms with Crippen LogP contribution in [0, 0.1) is 0 Å². The van der Waals surface area contributed by atoms with Gasteiger partial charge in [0.25, 0.3) is 0 Å². The molecule has 0 bridgehead atoms. The van der Waals surface area contributed by atoms with Gasteiger partial charge in [-0.15, -0.1) is 0 Å². The van der Waals surface area contributed by atoms with Gasteiger partial charge in [-0.25, -0.2) is 15.0 Å². The zero-order valence-corrected chi connectivity index (χ0v) is 25.7. The summed E-state index contributed by atoms with van der Waals surface area (Å²) >= 11 is 3.65. The van der Waals surface area contributed by atoms with Gasteiger partial charge in [0.05, 0.1) is 19.0 Å². The number of aromatic nitrogens is 4. The molecule has 3 N–H and O–H groups in total. The molecule has 41 heavy (non-hydrogen) atoms. The first kappa shape index (κ1) is 30.3. The number of rotatable bonds is 11. The Morgan fingerprint density at radius 2 is 2.07 bits per heavy atom. The van der Waals surface area contributed by atoms with Crippen LogP contribution in [0.15, 0.2) is 23.2 Å². The van der Waals surface area contributed by atoms with Gasteiger partial charge in [-0.3, -0.25) is 9.36 Å². The van der Waals surface area contributed by atoms with Gasteiger partial charge in [0.15, 0.2) is 23.5 Å². The van der Waals surface area contributed by atoms with Crippen LogP contribution in [-0.4, -0.2) is 93.8 Å². The SMILES string of the molecule is CN(CCCC(=O)NCCOC1CCCCC/C=C/1Br)C[C@H]1O[C@@H](n2cnc3c(N)ncnc32)[C@@H]2OC(C)(C)O[C@@H]21. The Kier molecular flexibility index (Phi) is 9.93. The Morgan fingerprint density at radius 1 is 1.24 bits per heavy atom. The van der Waals surface area contributed by atoms with Gasteiger partial charge in [0.1, 0.15) is 30.2 Å². The smallest absolute Gasteiger partial charge is 0.220 e. The molecule has 5 atom stereocenters. The Balaban J connectivity index is 1.07. The van der Waals surface area contributed by atoms with E-state index in [1.165, 1.54) is 25.6 Å². The number of amides is 1. The Bertz CT molecular complexity index is 1220. The number of carbonyl (C=O) groups is 1. The van der Waals surface area contributed by atoms with Crippen molar-refractivity contribution in [2.75, 3.05) is 39.0 Å². The number of fused-ring (bicyclic) bond motifs is 2. The standard InChI is InChI=1S/C28H42BrN7O5/c1-28(2)40-23-20(39-27(24(23)41-28)36-17-34-22-25(30)32-16-33-26(22)36)15-35(3)13-8-11-21(37)31-12-14-38-19-10-7-5-4-6-9-18(19)29/h9,16-17,19-20,23-24,27H,4-8,10-15H2,1-3H3,(H,31,37)(H2,30,32,33)/b18-9-/t19?,20-,23-,24-,27-/m1/s1. The third-order valence-electron chi connectivity index (χ3n) is 7.78. The van der Waals surface area contributed by atoms with Gasteiger partial charge in [-0.1, -0.05) is 34.8 Å². The molecule has 2 saturated heterocycles. The maximum absolute atomic E-state index is 12.4. The minimum Gasteiger partial charge on any atom is -0.382 e. The number of anilines is 1. The predicted molar refractivity (Wildman–Crippen MR) is 157 cm³/mol. The average Bonchev–Trinajstić information content (AvgIpc) is 3.57. The Hall–Kier alpha value is -2.16. The zero-order valence-electron chi connectivity index (χ0n) is 24.1. The van der Waals surface area contributed by atoms with Crippen molar-refractivity contribution in [3.63, 3.8) is 0 Å². The molecule has 1 unspecified atom stereocenters. The van der Waals surface area contributed by atoms with Gasteiger partial charge < -0.3 is 34.9 Å².